The molecule has 1 saturated carbocycles. The summed E-state index contributed by atoms with van der Waals surface area (Å²) in [6, 6.07) is 4.78. The van der Waals surface area contributed by atoms with Gasteiger partial charge in [0, 0.05) is 11.3 Å². The monoisotopic (exact) mass is 326 g/mol. The van der Waals surface area contributed by atoms with Crippen molar-refractivity contribution in [3.8, 4) is 0 Å². The van der Waals surface area contributed by atoms with Crippen LogP contribution >= 0.6 is 23.4 Å². The molecule has 0 bridgehead atoms. The van der Waals surface area contributed by atoms with Crippen LogP contribution in [0.25, 0.3) is 11.0 Å². The Morgan fingerprint density at radius 3 is 2.76 bits per heavy atom. The number of hydrogen-bond donors (Lipinski definition) is 0. The molecule has 0 radical (unpaired) electrons. The van der Waals surface area contributed by atoms with Crippen molar-refractivity contribution in [2.45, 2.75) is 49.3 Å². The minimum atomic E-state index is -0.220. The van der Waals surface area contributed by atoms with Gasteiger partial charge < -0.3 is 4.57 Å². The topological polar surface area (TPSA) is 17.8 Å². The fraction of sp³-hybridized carbons (Fsp3) is 0.562. The molecule has 1 unspecified atom stereocenters. The van der Waals surface area contributed by atoms with Crippen LogP contribution in [0.1, 0.15) is 43.8 Å². The van der Waals surface area contributed by atoms with Gasteiger partial charge in [-0.05, 0) is 44.2 Å². The average Bonchev–Trinajstić information content (AvgIpc) is 3.05. The molecule has 2 nitrogen and oxygen atoms in total. The summed E-state index contributed by atoms with van der Waals surface area (Å²) >= 11 is 8.24. The largest absolute Gasteiger partial charge is 0.325 e. The van der Waals surface area contributed by atoms with Crippen LogP contribution in [0.2, 0.25) is 0 Å². The molecule has 114 valence electrons. The number of benzene rings is 1. The van der Waals surface area contributed by atoms with Crippen molar-refractivity contribution >= 4 is 34.4 Å². The zero-order valence-corrected chi connectivity index (χ0v) is 14.0. The van der Waals surface area contributed by atoms with E-state index in [0.29, 0.717) is 0 Å². The summed E-state index contributed by atoms with van der Waals surface area (Å²) in [4.78, 5) is 4.62. The zero-order valence-electron chi connectivity index (χ0n) is 12.4. The number of imidazole rings is 1. The molecule has 5 heteroatoms. The third-order valence-electron chi connectivity index (χ3n) is 4.49. The van der Waals surface area contributed by atoms with Gasteiger partial charge in [-0.3, -0.25) is 0 Å². The molecule has 0 amide bonds. The van der Waals surface area contributed by atoms with Crippen molar-refractivity contribution in [1.29, 1.82) is 0 Å². The lowest BCUT2D eigenvalue weighted by Crippen LogP contribution is -2.28. The number of fused-ring (bicyclic) bond motifs is 1. The van der Waals surface area contributed by atoms with Crippen LogP contribution in [-0.4, -0.2) is 20.6 Å². The van der Waals surface area contributed by atoms with Crippen molar-refractivity contribution in [2.75, 3.05) is 6.26 Å². The quantitative estimate of drug-likeness (QED) is 0.723. The first-order valence-corrected chi connectivity index (χ1v) is 9.06. The van der Waals surface area contributed by atoms with E-state index in [4.69, 9.17) is 11.6 Å². The van der Waals surface area contributed by atoms with E-state index < -0.39 is 0 Å². The van der Waals surface area contributed by atoms with Crippen LogP contribution in [0.4, 0.5) is 4.39 Å². The summed E-state index contributed by atoms with van der Waals surface area (Å²) in [7, 11) is 0. The Hall–Kier alpha value is -0.740. The highest BCUT2D eigenvalue weighted by atomic mass is 35.5. The lowest BCUT2D eigenvalue weighted by Gasteiger charge is -2.28. The Labute approximate surface area is 134 Å². The van der Waals surface area contributed by atoms with E-state index in [1.807, 2.05) is 18.7 Å². The van der Waals surface area contributed by atoms with Crippen LogP contribution in [0, 0.1) is 5.82 Å². The molecule has 1 heterocycles. The Kier molecular flexibility index (Phi) is 4.19. The van der Waals surface area contributed by atoms with Gasteiger partial charge in [-0.25, -0.2) is 9.37 Å². The molecule has 0 aliphatic heterocycles. The smallest absolute Gasteiger partial charge is 0.127 e. The SMILES string of the molecule is CSC1(Cn2c(C(C)Cl)nc3ccc(F)cc32)CCCC1. The minimum Gasteiger partial charge on any atom is -0.325 e. The van der Waals surface area contributed by atoms with Gasteiger partial charge in [0.15, 0.2) is 0 Å². The van der Waals surface area contributed by atoms with Crippen molar-refractivity contribution in [3.05, 3.63) is 29.8 Å². The van der Waals surface area contributed by atoms with Crippen LogP contribution in [0.15, 0.2) is 18.2 Å². The Bertz CT molecular complexity index is 647. The molecule has 21 heavy (non-hydrogen) atoms. The second-order valence-corrected chi connectivity index (χ2v) is 7.83. The highest BCUT2D eigenvalue weighted by Gasteiger charge is 2.34. The van der Waals surface area contributed by atoms with E-state index in [-0.39, 0.29) is 15.9 Å². The average molecular weight is 327 g/mol. The van der Waals surface area contributed by atoms with E-state index in [2.05, 4.69) is 15.8 Å². The van der Waals surface area contributed by atoms with Crippen molar-refractivity contribution < 1.29 is 4.39 Å². The number of thioether (sulfide) groups is 1. The molecule has 2 aromatic rings. The fourth-order valence-corrected chi connectivity index (χ4v) is 4.44. The van der Waals surface area contributed by atoms with Crippen LogP contribution in [0.5, 0.6) is 0 Å². The highest BCUT2D eigenvalue weighted by Crippen LogP contribution is 2.42. The molecule has 1 aromatic heterocycles. The van der Waals surface area contributed by atoms with E-state index in [0.717, 1.165) is 23.4 Å². The second-order valence-electron chi connectivity index (χ2n) is 5.90. The third kappa shape index (κ3) is 2.80. The van der Waals surface area contributed by atoms with Gasteiger partial charge in [-0.2, -0.15) is 11.8 Å². The first kappa shape index (κ1) is 15.2. The molecular formula is C16H20ClFN2S. The van der Waals surface area contributed by atoms with Gasteiger partial charge in [-0.1, -0.05) is 12.8 Å². The van der Waals surface area contributed by atoms with Gasteiger partial charge in [0.25, 0.3) is 0 Å². The third-order valence-corrected chi connectivity index (χ3v) is 6.09. The summed E-state index contributed by atoms with van der Waals surface area (Å²) < 4.78 is 16.0. The number of rotatable bonds is 4. The Balaban J connectivity index is 2.10. The normalized spacial score (nSPS) is 19.2. The molecule has 1 fully saturated rings. The first-order valence-electron chi connectivity index (χ1n) is 7.39. The predicted molar refractivity (Wildman–Crippen MR) is 88.7 cm³/mol. The summed E-state index contributed by atoms with van der Waals surface area (Å²) in [5.74, 6) is 0.625. The molecular weight excluding hydrogens is 307 g/mol. The van der Waals surface area contributed by atoms with Gasteiger partial charge in [0.2, 0.25) is 0 Å². The predicted octanol–water partition coefficient (Wildman–Crippen LogP) is 5.15. The highest BCUT2D eigenvalue weighted by molar-refractivity contribution is 8.00. The van der Waals surface area contributed by atoms with Gasteiger partial charge in [0.1, 0.15) is 11.6 Å². The fourth-order valence-electron chi connectivity index (χ4n) is 3.32. The number of nitrogens with zero attached hydrogens (tertiary/aromatic N) is 2. The standard InChI is InChI=1S/C16H20ClFN2S/c1-11(17)15-19-13-6-5-12(18)9-14(13)20(15)10-16(21-2)7-3-4-8-16/h5-6,9,11H,3-4,7-8,10H2,1-2H3. The maximum absolute atomic E-state index is 13.6. The first-order chi connectivity index (χ1) is 10.0. The minimum absolute atomic E-state index is 0.180. The summed E-state index contributed by atoms with van der Waals surface area (Å²) in [6.07, 6.45) is 7.13. The van der Waals surface area contributed by atoms with Crippen molar-refractivity contribution in [1.82, 2.24) is 9.55 Å². The summed E-state index contributed by atoms with van der Waals surface area (Å²) in [5, 5.41) is -0.180. The van der Waals surface area contributed by atoms with Gasteiger partial charge in [0.05, 0.1) is 16.4 Å². The lowest BCUT2D eigenvalue weighted by atomic mass is 10.1. The van der Waals surface area contributed by atoms with Crippen molar-refractivity contribution in [3.63, 3.8) is 0 Å². The lowest BCUT2D eigenvalue weighted by molar-refractivity contribution is 0.500. The van der Waals surface area contributed by atoms with Crippen molar-refractivity contribution in [2.24, 2.45) is 0 Å². The molecule has 0 spiro atoms. The molecule has 0 saturated heterocycles. The molecule has 0 N–H and O–H groups in total. The Morgan fingerprint density at radius 1 is 1.43 bits per heavy atom. The number of halogens is 2. The second kappa shape index (κ2) is 5.81. The van der Waals surface area contributed by atoms with Crippen LogP contribution in [-0.2, 0) is 6.54 Å². The molecule has 1 aliphatic rings. The number of alkyl halides is 1. The molecule has 1 aromatic carbocycles. The van der Waals surface area contributed by atoms with E-state index >= 15 is 0 Å². The van der Waals surface area contributed by atoms with Gasteiger partial charge in [-0.15, -0.1) is 11.6 Å². The van der Waals surface area contributed by atoms with Gasteiger partial charge >= 0.3 is 0 Å². The van der Waals surface area contributed by atoms with E-state index in [1.165, 1.54) is 31.7 Å². The maximum atomic E-state index is 13.6. The Morgan fingerprint density at radius 2 is 2.14 bits per heavy atom. The number of aromatic nitrogens is 2. The summed E-state index contributed by atoms with van der Waals surface area (Å²) in [6.45, 7) is 2.79. The molecule has 1 atom stereocenters. The van der Waals surface area contributed by atoms with E-state index in [9.17, 15) is 4.39 Å². The molecule has 3 rings (SSSR count). The summed E-state index contributed by atoms with van der Waals surface area (Å²) in [5.41, 5.74) is 1.69. The number of hydrogen-bond acceptors (Lipinski definition) is 2. The van der Waals surface area contributed by atoms with Crippen LogP contribution < -0.4 is 0 Å². The zero-order chi connectivity index (χ0) is 15.0. The van der Waals surface area contributed by atoms with Crippen LogP contribution in [0.3, 0.4) is 0 Å². The van der Waals surface area contributed by atoms with E-state index in [1.54, 1.807) is 12.1 Å². The maximum Gasteiger partial charge on any atom is 0.127 e. The molecule has 1 aliphatic carbocycles.